The molecule has 2 aromatic rings. The summed E-state index contributed by atoms with van der Waals surface area (Å²) in [7, 11) is 0. The molecule has 19 heavy (non-hydrogen) atoms. The van der Waals surface area contributed by atoms with Crippen molar-refractivity contribution in [3.63, 3.8) is 0 Å². The standard InChI is InChI=1S/C16H9FO2/c17-11-6-7-12-13(8-11)16(19)15(14(12)9-18)10-4-2-1-3-5-10/h1-9H. The zero-order chi connectivity index (χ0) is 13.4. The fourth-order valence-electron chi connectivity index (χ4n) is 2.34. The van der Waals surface area contributed by atoms with Crippen molar-refractivity contribution >= 4 is 23.2 Å². The summed E-state index contributed by atoms with van der Waals surface area (Å²) in [6.45, 7) is 0. The Hall–Kier alpha value is -2.55. The molecule has 0 N–H and O–H groups in total. The third-order valence-electron chi connectivity index (χ3n) is 3.19. The van der Waals surface area contributed by atoms with E-state index in [2.05, 4.69) is 0 Å². The summed E-state index contributed by atoms with van der Waals surface area (Å²) in [4.78, 5) is 23.6. The maximum absolute atomic E-state index is 13.2. The maximum atomic E-state index is 13.2. The van der Waals surface area contributed by atoms with E-state index >= 15 is 0 Å². The summed E-state index contributed by atoms with van der Waals surface area (Å²) in [6, 6.07) is 12.8. The van der Waals surface area contributed by atoms with Gasteiger partial charge < -0.3 is 0 Å². The molecule has 0 aliphatic heterocycles. The van der Waals surface area contributed by atoms with Crippen LogP contribution in [0.1, 0.15) is 21.5 Å². The number of allylic oxidation sites excluding steroid dienone is 2. The van der Waals surface area contributed by atoms with Gasteiger partial charge in [-0.2, -0.15) is 0 Å². The van der Waals surface area contributed by atoms with Gasteiger partial charge in [-0.1, -0.05) is 36.4 Å². The van der Waals surface area contributed by atoms with Crippen molar-refractivity contribution in [1.29, 1.82) is 0 Å². The quantitative estimate of drug-likeness (QED) is 0.769. The van der Waals surface area contributed by atoms with E-state index in [1.165, 1.54) is 18.2 Å². The van der Waals surface area contributed by atoms with E-state index in [-0.39, 0.29) is 11.3 Å². The van der Waals surface area contributed by atoms with Crippen LogP contribution in [0, 0.1) is 5.82 Å². The minimum absolute atomic E-state index is 0.251. The van der Waals surface area contributed by atoms with Gasteiger partial charge >= 0.3 is 0 Å². The van der Waals surface area contributed by atoms with Gasteiger partial charge in [-0.05, 0) is 23.3 Å². The average molecular weight is 252 g/mol. The molecular formula is C16H9FO2. The lowest BCUT2D eigenvalue weighted by Gasteiger charge is -2.01. The Morgan fingerprint density at radius 3 is 2.37 bits per heavy atom. The third kappa shape index (κ3) is 1.71. The number of fused-ring (bicyclic) bond motifs is 1. The van der Waals surface area contributed by atoms with Gasteiger partial charge in [0.25, 0.3) is 0 Å². The van der Waals surface area contributed by atoms with Crippen molar-refractivity contribution in [2.45, 2.75) is 0 Å². The van der Waals surface area contributed by atoms with E-state index in [4.69, 9.17) is 0 Å². The summed E-state index contributed by atoms with van der Waals surface area (Å²) < 4.78 is 13.2. The molecule has 0 radical (unpaired) electrons. The number of hydrogen-bond acceptors (Lipinski definition) is 2. The number of Topliss-reactive ketones (excluding diaryl/α,β-unsaturated/α-hetero) is 1. The summed E-state index contributed by atoms with van der Waals surface area (Å²) in [5, 5.41) is 0. The second-order valence-corrected chi connectivity index (χ2v) is 4.29. The first kappa shape index (κ1) is 11.5. The highest BCUT2D eigenvalue weighted by atomic mass is 19.1. The maximum Gasteiger partial charge on any atom is 0.195 e. The molecule has 0 aromatic heterocycles. The normalized spacial score (nSPS) is 13.6. The van der Waals surface area contributed by atoms with Gasteiger partial charge in [-0.15, -0.1) is 0 Å². The SMILES string of the molecule is O=CC1=C(c2ccccc2)C(=O)c2cc(F)ccc21. The molecule has 0 saturated heterocycles. The Balaban J connectivity index is 2.26. The van der Waals surface area contributed by atoms with E-state index in [1.807, 2.05) is 6.07 Å². The number of carbonyl (C=O) groups excluding carboxylic acids is 2. The van der Waals surface area contributed by atoms with Gasteiger partial charge in [0.2, 0.25) is 0 Å². The molecule has 3 heteroatoms. The molecule has 1 aliphatic rings. The topological polar surface area (TPSA) is 34.1 Å². The molecule has 3 rings (SSSR count). The number of carbonyl (C=O) groups is 2. The van der Waals surface area contributed by atoms with Crippen molar-refractivity contribution in [1.82, 2.24) is 0 Å². The van der Waals surface area contributed by atoms with Crippen molar-refractivity contribution in [3.05, 3.63) is 71.0 Å². The molecule has 2 aromatic carbocycles. The molecule has 0 saturated carbocycles. The van der Waals surface area contributed by atoms with E-state index in [1.54, 1.807) is 24.3 Å². The van der Waals surface area contributed by atoms with Crippen LogP contribution in [0.2, 0.25) is 0 Å². The molecule has 0 bridgehead atoms. The van der Waals surface area contributed by atoms with Crippen LogP contribution in [-0.2, 0) is 4.79 Å². The van der Waals surface area contributed by atoms with Crippen LogP contribution in [-0.4, -0.2) is 12.1 Å². The first-order valence-corrected chi connectivity index (χ1v) is 5.82. The van der Waals surface area contributed by atoms with Gasteiger partial charge in [0.15, 0.2) is 12.1 Å². The van der Waals surface area contributed by atoms with Gasteiger partial charge in [0.05, 0.1) is 0 Å². The fourth-order valence-corrected chi connectivity index (χ4v) is 2.34. The largest absolute Gasteiger partial charge is 0.298 e. The highest BCUT2D eigenvalue weighted by Gasteiger charge is 2.30. The molecule has 0 atom stereocenters. The van der Waals surface area contributed by atoms with Crippen LogP contribution in [0.25, 0.3) is 11.1 Å². The lowest BCUT2D eigenvalue weighted by atomic mass is 10.0. The van der Waals surface area contributed by atoms with Gasteiger partial charge in [-0.25, -0.2) is 4.39 Å². The second kappa shape index (κ2) is 4.28. The summed E-state index contributed by atoms with van der Waals surface area (Å²) in [5.41, 5.74) is 2.09. The lowest BCUT2D eigenvalue weighted by Crippen LogP contribution is -1.98. The Kier molecular flexibility index (Phi) is 2.60. The van der Waals surface area contributed by atoms with Crippen molar-refractivity contribution in [2.24, 2.45) is 0 Å². The zero-order valence-corrected chi connectivity index (χ0v) is 9.89. The zero-order valence-electron chi connectivity index (χ0n) is 9.89. The Labute approximate surface area is 109 Å². The van der Waals surface area contributed by atoms with Crippen LogP contribution in [0.3, 0.4) is 0 Å². The van der Waals surface area contributed by atoms with Crippen molar-refractivity contribution < 1.29 is 14.0 Å². The Morgan fingerprint density at radius 1 is 0.947 bits per heavy atom. The smallest absolute Gasteiger partial charge is 0.195 e. The predicted molar refractivity (Wildman–Crippen MR) is 70.1 cm³/mol. The molecule has 0 spiro atoms. The molecule has 92 valence electrons. The fraction of sp³-hybridized carbons (Fsp3) is 0. The monoisotopic (exact) mass is 252 g/mol. The van der Waals surface area contributed by atoms with Gasteiger partial charge in [0, 0.05) is 16.7 Å². The summed E-state index contributed by atoms with van der Waals surface area (Å²) >= 11 is 0. The van der Waals surface area contributed by atoms with E-state index < -0.39 is 5.82 Å². The van der Waals surface area contributed by atoms with E-state index in [0.717, 1.165) is 0 Å². The second-order valence-electron chi connectivity index (χ2n) is 4.29. The minimum Gasteiger partial charge on any atom is -0.298 e. The third-order valence-corrected chi connectivity index (χ3v) is 3.19. The number of benzene rings is 2. The molecular weight excluding hydrogens is 243 g/mol. The molecule has 2 nitrogen and oxygen atoms in total. The molecule has 0 amide bonds. The molecule has 0 heterocycles. The van der Waals surface area contributed by atoms with Crippen LogP contribution in [0.15, 0.2) is 48.5 Å². The number of rotatable bonds is 2. The highest BCUT2D eigenvalue weighted by Crippen LogP contribution is 2.37. The Morgan fingerprint density at radius 2 is 1.68 bits per heavy atom. The summed E-state index contributed by atoms with van der Waals surface area (Å²) in [6.07, 6.45) is 0.657. The first-order valence-electron chi connectivity index (χ1n) is 5.82. The first-order chi connectivity index (χ1) is 9.22. The van der Waals surface area contributed by atoms with Crippen LogP contribution in [0.5, 0.6) is 0 Å². The molecule has 0 fully saturated rings. The lowest BCUT2D eigenvalue weighted by molar-refractivity contribution is -0.103. The predicted octanol–water partition coefficient (Wildman–Crippen LogP) is 3.13. The number of aldehydes is 1. The highest BCUT2D eigenvalue weighted by molar-refractivity contribution is 6.46. The Bertz CT molecular complexity index is 715. The average Bonchev–Trinajstić information content (AvgIpc) is 2.72. The van der Waals surface area contributed by atoms with Crippen molar-refractivity contribution in [3.8, 4) is 0 Å². The summed E-state index contributed by atoms with van der Waals surface area (Å²) in [5.74, 6) is -0.783. The van der Waals surface area contributed by atoms with Crippen LogP contribution in [0.4, 0.5) is 4.39 Å². The van der Waals surface area contributed by atoms with Gasteiger partial charge in [0.1, 0.15) is 5.82 Å². The molecule has 1 aliphatic carbocycles. The van der Waals surface area contributed by atoms with Crippen LogP contribution < -0.4 is 0 Å². The van der Waals surface area contributed by atoms with E-state index in [9.17, 15) is 14.0 Å². The molecule has 0 unspecified atom stereocenters. The van der Waals surface area contributed by atoms with E-state index in [0.29, 0.717) is 28.6 Å². The number of halogens is 1. The number of hydrogen-bond donors (Lipinski definition) is 0. The van der Waals surface area contributed by atoms with Crippen LogP contribution >= 0.6 is 0 Å². The van der Waals surface area contributed by atoms with Crippen molar-refractivity contribution in [2.75, 3.05) is 0 Å². The number of ketones is 1. The minimum atomic E-state index is -0.480. The van der Waals surface area contributed by atoms with Gasteiger partial charge in [-0.3, -0.25) is 9.59 Å².